The Morgan fingerprint density at radius 2 is 1.66 bits per heavy atom. The van der Waals surface area contributed by atoms with Crippen LogP contribution in [0.4, 0.5) is 8.78 Å². The Hall–Kier alpha value is -3.48. The minimum atomic E-state index is -0.549. The van der Waals surface area contributed by atoms with E-state index in [4.69, 9.17) is 0 Å². The number of carbonyl (C=O) groups excluding carboxylic acids is 1. The molecule has 0 spiro atoms. The van der Waals surface area contributed by atoms with Crippen LogP contribution in [0.25, 0.3) is 16.7 Å². The number of aliphatic hydroxyl groups is 1. The first kappa shape index (κ1) is 22.0. The molecule has 5 nitrogen and oxygen atoms in total. The van der Waals surface area contributed by atoms with E-state index in [2.05, 4.69) is 0 Å². The molecular weight excluding hydrogens is 452 g/mol. The largest absolute Gasteiger partial charge is 0.507 e. The highest BCUT2D eigenvalue weighted by Crippen LogP contribution is 2.47. The molecule has 3 aliphatic rings. The number of halogens is 2. The molecule has 0 amide bonds. The SMILES string of the molecule is CC1CCc2cc(F)cc3c2C1C(=O)C(Cc1c(O)c2cc(F)cc4c2n(c1=O)C(C)CC4)=C3O. The van der Waals surface area contributed by atoms with Crippen LogP contribution in [-0.2, 0) is 24.1 Å². The Morgan fingerprint density at radius 1 is 0.971 bits per heavy atom. The van der Waals surface area contributed by atoms with E-state index in [1.54, 1.807) is 4.57 Å². The number of hydrogen-bond acceptors (Lipinski definition) is 4. The van der Waals surface area contributed by atoms with Crippen LogP contribution in [0.15, 0.2) is 34.6 Å². The highest BCUT2D eigenvalue weighted by atomic mass is 19.1. The predicted octanol–water partition coefficient (Wildman–Crippen LogP) is 5.25. The Labute approximate surface area is 200 Å². The highest BCUT2D eigenvalue weighted by Gasteiger charge is 2.42. The molecule has 3 aromatic rings. The second kappa shape index (κ2) is 7.51. The van der Waals surface area contributed by atoms with Crippen LogP contribution >= 0.6 is 0 Å². The fourth-order valence-corrected chi connectivity index (χ4v) is 6.38. The number of aromatic hydroxyl groups is 1. The van der Waals surface area contributed by atoms with Gasteiger partial charge in [-0.25, -0.2) is 8.78 Å². The fourth-order valence-electron chi connectivity index (χ4n) is 6.38. The maximum atomic E-state index is 14.4. The number of aliphatic hydroxyl groups excluding tert-OH is 1. The van der Waals surface area contributed by atoms with Crippen molar-refractivity contribution in [2.75, 3.05) is 0 Å². The molecule has 2 aromatic carbocycles. The van der Waals surface area contributed by atoms with Gasteiger partial charge in [0, 0.05) is 29.0 Å². The minimum absolute atomic E-state index is 0.0209. The molecule has 6 rings (SSSR count). The van der Waals surface area contributed by atoms with Crippen molar-refractivity contribution in [3.8, 4) is 5.75 Å². The quantitative estimate of drug-likeness (QED) is 0.528. The third-order valence-electron chi connectivity index (χ3n) is 8.14. The summed E-state index contributed by atoms with van der Waals surface area (Å²) in [4.78, 5) is 27.3. The van der Waals surface area contributed by atoms with E-state index in [1.807, 2.05) is 13.8 Å². The van der Waals surface area contributed by atoms with Gasteiger partial charge in [0.25, 0.3) is 5.56 Å². The Kier molecular flexibility index (Phi) is 4.72. The van der Waals surface area contributed by atoms with Gasteiger partial charge in [0.05, 0.1) is 17.0 Å². The van der Waals surface area contributed by atoms with Crippen LogP contribution in [0.1, 0.15) is 66.5 Å². The summed E-state index contributed by atoms with van der Waals surface area (Å²) in [6.07, 6.45) is 2.22. The van der Waals surface area contributed by atoms with Gasteiger partial charge in [-0.15, -0.1) is 0 Å². The molecule has 0 saturated carbocycles. The molecule has 0 saturated heterocycles. The van der Waals surface area contributed by atoms with Gasteiger partial charge in [0.1, 0.15) is 23.1 Å². The lowest BCUT2D eigenvalue weighted by atomic mass is 9.67. The number of benzene rings is 2. The molecule has 35 heavy (non-hydrogen) atoms. The summed E-state index contributed by atoms with van der Waals surface area (Å²) in [6, 6.07) is 5.05. The van der Waals surface area contributed by atoms with Crippen molar-refractivity contribution >= 4 is 22.4 Å². The van der Waals surface area contributed by atoms with Crippen molar-refractivity contribution in [1.82, 2.24) is 4.57 Å². The molecule has 1 aromatic heterocycles. The minimum Gasteiger partial charge on any atom is -0.507 e. The van der Waals surface area contributed by atoms with Gasteiger partial charge >= 0.3 is 0 Å². The Morgan fingerprint density at radius 3 is 2.43 bits per heavy atom. The maximum absolute atomic E-state index is 14.4. The average molecular weight is 478 g/mol. The molecule has 0 radical (unpaired) electrons. The van der Waals surface area contributed by atoms with E-state index in [-0.39, 0.29) is 57.8 Å². The summed E-state index contributed by atoms with van der Waals surface area (Å²) in [6.45, 7) is 3.85. The average Bonchev–Trinajstić information content (AvgIpc) is 2.81. The number of aromatic nitrogens is 1. The van der Waals surface area contributed by atoms with Crippen molar-refractivity contribution in [2.45, 2.75) is 57.9 Å². The third kappa shape index (κ3) is 3.03. The number of carbonyl (C=O) groups is 1. The maximum Gasteiger partial charge on any atom is 0.258 e. The van der Waals surface area contributed by atoms with E-state index in [0.717, 1.165) is 5.56 Å². The van der Waals surface area contributed by atoms with Crippen LogP contribution in [-0.4, -0.2) is 20.6 Å². The molecule has 1 aliphatic heterocycles. The van der Waals surface area contributed by atoms with Crippen molar-refractivity contribution < 1.29 is 23.8 Å². The van der Waals surface area contributed by atoms with Gasteiger partial charge < -0.3 is 14.8 Å². The van der Waals surface area contributed by atoms with Crippen LogP contribution < -0.4 is 5.56 Å². The van der Waals surface area contributed by atoms with Crippen LogP contribution in [0.3, 0.4) is 0 Å². The number of ketones is 1. The van der Waals surface area contributed by atoms with Crippen LogP contribution in [0.5, 0.6) is 5.75 Å². The van der Waals surface area contributed by atoms with E-state index in [9.17, 15) is 28.6 Å². The lowest BCUT2D eigenvalue weighted by molar-refractivity contribution is -0.118. The van der Waals surface area contributed by atoms with Gasteiger partial charge in [-0.2, -0.15) is 0 Å². The van der Waals surface area contributed by atoms with Gasteiger partial charge in [0.15, 0.2) is 5.78 Å². The molecule has 7 heteroatoms. The van der Waals surface area contributed by atoms with E-state index >= 15 is 0 Å². The zero-order chi connectivity index (χ0) is 24.8. The van der Waals surface area contributed by atoms with Crippen molar-refractivity contribution in [3.63, 3.8) is 0 Å². The predicted molar refractivity (Wildman–Crippen MR) is 128 cm³/mol. The fraction of sp³-hybridized carbons (Fsp3) is 0.357. The molecule has 2 aliphatic carbocycles. The van der Waals surface area contributed by atoms with Crippen molar-refractivity contribution in [2.24, 2.45) is 5.92 Å². The normalized spacial score (nSPS) is 23.1. The van der Waals surface area contributed by atoms with Gasteiger partial charge in [-0.05, 0) is 79.5 Å². The summed E-state index contributed by atoms with van der Waals surface area (Å²) in [7, 11) is 0. The number of Topliss-reactive ketones (excluding diaryl/α,β-unsaturated/α-hetero) is 1. The number of aryl methyl sites for hydroxylation is 2. The second-order valence-electron chi connectivity index (χ2n) is 10.2. The van der Waals surface area contributed by atoms with E-state index in [1.165, 1.54) is 24.3 Å². The smallest absolute Gasteiger partial charge is 0.258 e. The Balaban J connectivity index is 1.59. The highest BCUT2D eigenvalue weighted by molar-refractivity contribution is 6.09. The van der Waals surface area contributed by atoms with E-state index < -0.39 is 23.1 Å². The topological polar surface area (TPSA) is 79.5 Å². The first-order valence-corrected chi connectivity index (χ1v) is 12.0. The molecule has 3 unspecified atom stereocenters. The first-order chi connectivity index (χ1) is 16.7. The summed E-state index contributed by atoms with van der Waals surface area (Å²) in [5.74, 6) is -2.65. The summed E-state index contributed by atoms with van der Waals surface area (Å²) in [5.41, 5.74) is 2.25. The number of nitrogens with zero attached hydrogens (tertiary/aromatic N) is 1. The van der Waals surface area contributed by atoms with Gasteiger partial charge in [-0.3, -0.25) is 9.59 Å². The molecule has 2 heterocycles. The first-order valence-electron chi connectivity index (χ1n) is 12.0. The monoisotopic (exact) mass is 477 g/mol. The number of pyridine rings is 1. The molecular formula is C28H25F2NO4. The number of rotatable bonds is 2. The van der Waals surface area contributed by atoms with E-state index in [0.29, 0.717) is 42.3 Å². The number of allylic oxidation sites excluding steroid dienone is 1. The standard InChI is InChI=1S/C28H25F2NO4/c1-12-3-5-14-7-16(29)9-18-23(14)22(12)27(34)20(25(18)32)11-21-26(33)19-10-17(30)8-15-6-4-13(2)31(24(15)19)28(21)35/h7-10,12-13,22,32-33H,3-6,11H2,1-2H3. The van der Waals surface area contributed by atoms with Gasteiger partial charge in [0.2, 0.25) is 0 Å². The molecule has 0 fully saturated rings. The summed E-state index contributed by atoms with van der Waals surface area (Å²) in [5, 5.41) is 22.5. The van der Waals surface area contributed by atoms with Crippen molar-refractivity contribution in [1.29, 1.82) is 0 Å². The summed E-state index contributed by atoms with van der Waals surface area (Å²) < 4.78 is 30.3. The van der Waals surface area contributed by atoms with Crippen LogP contribution in [0.2, 0.25) is 0 Å². The second-order valence-corrected chi connectivity index (χ2v) is 10.2. The zero-order valence-electron chi connectivity index (χ0n) is 19.5. The number of hydrogen-bond donors (Lipinski definition) is 2. The van der Waals surface area contributed by atoms with Gasteiger partial charge in [-0.1, -0.05) is 6.92 Å². The van der Waals surface area contributed by atoms with Crippen LogP contribution in [0, 0.1) is 17.6 Å². The Bertz CT molecular complexity index is 1550. The lowest BCUT2D eigenvalue weighted by Crippen LogP contribution is -2.34. The lowest BCUT2D eigenvalue weighted by Gasteiger charge is -2.36. The molecule has 3 atom stereocenters. The van der Waals surface area contributed by atoms with Crippen molar-refractivity contribution in [3.05, 3.63) is 79.6 Å². The molecule has 0 bridgehead atoms. The third-order valence-corrected chi connectivity index (χ3v) is 8.14. The molecule has 180 valence electrons. The summed E-state index contributed by atoms with van der Waals surface area (Å²) >= 11 is 0. The zero-order valence-corrected chi connectivity index (χ0v) is 19.5. The molecule has 2 N–H and O–H groups in total.